The zero-order valence-electron chi connectivity index (χ0n) is 14.7. The van der Waals surface area contributed by atoms with Gasteiger partial charge in [-0.15, -0.1) is 0 Å². The molecule has 0 aromatic heterocycles. The van der Waals surface area contributed by atoms with E-state index in [0.717, 1.165) is 30.7 Å². The molecule has 2 aromatic carbocycles. The van der Waals surface area contributed by atoms with E-state index in [1.54, 1.807) is 7.11 Å². The van der Waals surface area contributed by atoms with Crippen LogP contribution >= 0.6 is 0 Å². The molecule has 0 aliphatic heterocycles. The molecule has 0 fully saturated rings. The summed E-state index contributed by atoms with van der Waals surface area (Å²) in [6.45, 7) is 3.03. The summed E-state index contributed by atoms with van der Waals surface area (Å²) in [5.74, 6) is 1.65. The van der Waals surface area contributed by atoms with Crippen LogP contribution in [0.25, 0.3) is 10.4 Å². The van der Waals surface area contributed by atoms with Crippen LogP contribution in [0.15, 0.2) is 53.6 Å². The number of nitrogens with zero attached hydrogens (tertiary/aromatic N) is 3. The van der Waals surface area contributed by atoms with Crippen molar-refractivity contribution in [1.82, 2.24) is 5.32 Å². The Morgan fingerprint density at radius 1 is 1.20 bits per heavy atom. The first kappa shape index (κ1) is 18.6. The van der Waals surface area contributed by atoms with Crippen LogP contribution in [0, 0.1) is 0 Å². The van der Waals surface area contributed by atoms with Crippen molar-refractivity contribution in [3.8, 4) is 11.5 Å². The van der Waals surface area contributed by atoms with Gasteiger partial charge in [-0.05, 0) is 61.2 Å². The minimum atomic E-state index is 0.000666. The maximum absolute atomic E-state index is 8.28. The maximum atomic E-state index is 8.28. The molecule has 1 atom stereocenters. The Hall–Kier alpha value is -2.69. The highest BCUT2D eigenvalue weighted by molar-refractivity contribution is 5.33. The Balaban J connectivity index is 1.80. The normalized spacial score (nSPS) is 11.4. The molecule has 0 saturated heterocycles. The van der Waals surface area contributed by atoms with E-state index in [2.05, 4.69) is 34.4 Å². The summed E-state index contributed by atoms with van der Waals surface area (Å²) in [7, 11) is 1.70. The van der Waals surface area contributed by atoms with Crippen molar-refractivity contribution in [1.29, 1.82) is 0 Å². The molecule has 6 nitrogen and oxygen atoms in total. The fourth-order valence-corrected chi connectivity index (χ4v) is 2.63. The van der Waals surface area contributed by atoms with Gasteiger partial charge in [-0.25, -0.2) is 0 Å². The SMILES string of the molecule is COc1ccccc1CCCN[C@@H](C)c1cccc(OCN=[N+]=[N-])c1. The quantitative estimate of drug-likeness (QED) is 0.296. The van der Waals surface area contributed by atoms with Crippen LogP contribution in [-0.2, 0) is 6.42 Å². The second kappa shape index (κ2) is 10.2. The fraction of sp³-hybridized carbons (Fsp3) is 0.368. The van der Waals surface area contributed by atoms with Gasteiger partial charge in [0.2, 0.25) is 0 Å². The molecule has 0 aliphatic carbocycles. The van der Waals surface area contributed by atoms with Gasteiger partial charge in [-0.2, -0.15) is 0 Å². The van der Waals surface area contributed by atoms with Crippen molar-refractivity contribution in [2.75, 3.05) is 20.4 Å². The third-order valence-electron chi connectivity index (χ3n) is 3.98. The number of benzene rings is 2. The number of nitrogens with one attached hydrogen (secondary N) is 1. The number of hydrogen-bond acceptors (Lipinski definition) is 4. The second-order valence-electron chi connectivity index (χ2n) is 5.67. The van der Waals surface area contributed by atoms with E-state index in [1.807, 2.05) is 36.4 Å². The van der Waals surface area contributed by atoms with E-state index in [4.69, 9.17) is 15.0 Å². The van der Waals surface area contributed by atoms with Gasteiger partial charge in [0.25, 0.3) is 0 Å². The van der Waals surface area contributed by atoms with Crippen LogP contribution in [0.4, 0.5) is 0 Å². The van der Waals surface area contributed by atoms with Crippen molar-refractivity contribution in [3.63, 3.8) is 0 Å². The van der Waals surface area contributed by atoms with Gasteiger partial charge in [-0.1, -0.05) is 35.4 Å². The first-order valence-electron chi connectivity index (χ1n) is 8.33. The number of para-hydroxylation sites is 1. The molecule has 0 saturated carbocycles. The maximum Gasteiger partial charge on any atom is 0.167 e. The van der Waals surface area contributed by atoms with Gasteiger partial charge in [-0.3, -0.25) is 0 Å². The number of ether oxygens (including phenoxy) is 2. The Kier molecular flexibility index (Phi) is 7.63. The monoisotopic (exact) mass is 340 g/mol. The number of azide groups is 1. The molecular formula is C19H24N4O2. The molecule has 1 N–H and O–H groups in total. The molecule has 0 radical (unpaired) electrons. The Morgan fingerprint density at radius 3 is 2.84 bits per heavy atom. The van der Waals surface area contributed by atoms with Gasteiger partial charge >= 0.3 is 0 Å². The molecule has 0 unspecified atom stereocenters. The number of rotatable bonds is 10. The van der Waals surface area contributed by atoms with Gasteiger partial charge in [0.05, 0.1) is 7.11 Å². The summed E-state index contributed by atoms with van der Waals surface area (Å²) >= 11 is 0. The molecule has 6 heteroatoms. The predicted molar refractivity (Wildman–Crippen MR) is 98.8 cm³/mol. The summed E-state index contributed by atoms with van der Waals surface area (Å²) in [5.41, 5.74) is 10.6. The Bertz CT molecular complexity index is 714. The smallest absolute Gasteiger partial charge is 0.167 e. The fourth-order valence-electron chi connectivity index (χ4n) is 2.63. The third-order valence-corrected chi connectivity index (χ3v) is 3.98. The molecule has 0 amide bonds. The summed E-state index contributed by atoms with van der Waals surface area (Å²) in [6, 6.07) is 16.1. The minimum absolute atomic E-state index is 0.000666. The standard InChI is InChI=1S/C19H24N4O2/c1-15(17-8-5-10-18(13-17)25-14-22-23-20)21-12-6-9-16-7-3-4-11-19(16)24-2/h3-5,7-8,10-11,13,15,21H,6,9,12,14H2,1-2H3/t15-/m0/s1. The molecule has 2 rings (SSSR count). The first-order valence-corrected chi connectivity index (χ1v) is 8.33. The highest BCUT2D eigenvalue weighted by Crippen LogP contribution is 2.20. The third kappa shape index (κ3) is 6.03. The van der Waals surface area contributed by atoms with Crippen molar-refractivity contribution in [3.05, 3.63) is 70.1 Å². The van der Waals surface area contributed by atoms with Crippen LogP contribution in [0.1, 0.15) is 30.5 Å². The molecule has 2 aromatic rings. The highest BCUT2D eigenvalue weighted by Gasteiger charge is 2.06. The zero-order valence-corrected chi connectivity index (χ0v) is 14.7. The van der Waals surface area contributed by atoms with Crippen LogP contribution < -0.4 is 14.8 Å². The van der Waals surface area contributed by atoms with E-state index in [9.17, 15) is 0 Å². The van der Waals surface area contributed by atoms with Gasteiger partial charge < -0.3 is 14.8 Å². The van der Waals surface area contributed by atoms with Crippen LogP contribution in [0.3, 0.4) is 0 Å². The molecule has 0 heterocycles. The summed E-state index contributed by atoms with van der Waals surface area (Å²) in [4.78, 5) is 2.67. The average Bonchev–Trinajstić information content (AvgIpc) is 2.66. The van der Waals surface area contributed by atoms with Crippen LogP contribution in [-0.4, -0.2) is 20.4 Å². The van der Waals surface area contributed by atoms with Crippen molar-refractivity contribution < 1.29 is 9.47 Å². The Labute approximate surface area is 148 Å². The van der Waals surface area contributed by atoms with E-state index in [1.165, 1.54) is 5.56 Å². The lowest BCUT2D eigenvalue weighted by molar-refractivity contribution is 0.328. The predicted octanol–water partition coefficient (Wildman–Crippen LogP) is 4.63. The topological polar surface area (TPSA) is 79.2 Å². The van der Waals surface area contributed by atoms with Gasteiger partial charge in [0.1, 0.15) is 11.5 Å². The van der Waals surface area contributed by atoms with E-state index in [-0.39, 0.29) is 12.8 Å². The average molecular weight is 340 g/mol. The van der Waals surface area contributed by atoms with Crippen LogP contribution in [0.2, 0.25) is 0 Å². The zero-order chi connectivity index (χ0) is 17.9. The molecule has 0 bridgehead atoms. The van der Waals surface area contributed by atoms with Crippen molar-refractivity contribution >= 4 is 0 Å². The van der Waals surface area contributed by atoms with Gasteiger partial charge in [0, 0.05) is 11.0 Å². The summed E-state index contributed by atoms with van der Waals surface area (Å²) < 4.78 is 10.8. The molecule has 25 heavy (non-hydrogen) atoms. The van der Waals surface area contributed by atoms with E-state index < -0.39 is 0 Å². The molecular weight excluding hydrogens is 316 g/mol. The van der Waals surface area contributed by atoms with Crippen molar-refractivity contribution in [2.45, 2.75) is 25.8 Å². The molecule has 132 valence electrons. The van der Waals surface area contributed by atoms with Gasteiger partial charge in [0.15, 0.2) is 6.73 Å². The number of hydrogen-bond donors (Lipinski definition) is 1. The highest BCUT2D eigenvalue weighted by atomic mass is 16.5. The lowest BCUT2D eigenvalue weighted by atomic mass is 10.1. The first-order chi connectivity index (χ1) is 12.2. The summed E-state index contributed by atoms with van der Waals surface area (Å²) in [5, 5.41) is 6.90. The molecule has 0 spiro atoms. The number of methoxy groups -OCH3 is 1. The summed E-state index contributed by atoms with van der Waals surface area (Å²) in [6.07, 6.45) is 2.00. The largest absolute Gasteiger partial charge is 0.496 e. The Morgan fingerprint density at radius 2 is 2.04 bits per heavy atom. The second-order valence-corrected chi connectivity index (χ2v) is 5.67. The van der Waals surface area contributed by atoms with E-state index in [0.29, 0.717) is 5.75 Å². The lowest BCUT2D eigenvalue weighted by Crippen LogP contribution is -2.20. The molecule has 0 aliphatic rings. The van der Waals surface area contributed by atoms with Crippen molar-refractivity contribution in [2.24, 2.45) is 5.11 Å². The van der Waals surface area contributed by atoms with E-state index >= 15 is 0 Å². The lowest BCUT2D eigenvalue weighted by Gasteiger charge is -2.15. The number of aryl methyl sites for hydroxylation is 1. The van der Waals surface area contributed by atoms with Crippen LogP contribution in [0.5, 0.6) is 11.5 Å². The minimum Gasteiger partial charge on any atom is -0.496 e.